The average molecular weight is 397 g/mol. The number of nitrogens with zero attached hydrogens (tertiary/aromatic N) is 2. The van der Waals surface area contributed by atoms with Gasteiger partial charge in [-0.25, -0.2) is 9.97 Å². The number of halogens is 2. The molecule has 1 heterocycles. The van der Waals surface area contributed by atoms with Crippen molar-refractivity contribution in [1.29, 1.82) is 0 Å². The number of benzene rings is 1. The van der Waals surface area contributed by atoms with Crippen molar-refractivity contribution in [2.24, 2.45) is 0 Å². The Bertz CT molecular complexity index is 643. The zero-order chi connectivity index (χ0) is 14.1. The predicted octanol–water partition coefficient (Wildman–Crippen LogP) is 4.27. The third-order valence-corrected chi connectivity index (χ3v) is 5.59. The molecule has 1 N–H and O–H groups in total. The summed E-state index contributed by atoms with van der Waals surface area (Å²) in [5, 5.41) is 3.34. The second-order valence-corrected chi connectivity index (χ2v) is 6.67. The van der Waals surface area contributed by atoms with E-state index < -0.39 is 0 Å². The van der Waals surface area contributed by atoms with Gasteiger partial charge in [0.1, 0.15) is 0 Å². The highest BCUT2D eigenvalue weighted by atomic mass is 79.9. The molecule has 1 aromatic heterocycles. The predicted molar refractivity (Wildman–Crippen MR) is 87.6 cm³/mol. The Morgan fingerprint density at radius 2 is 2.10 bits per heavy atom. The third kappa shape index (κ3) is 2.67. The first-order valence-corrected chi connectivity index (χ1v) is 8.26. The molecule has 0 saturated carbocycles. The summed E-state index contributed by atoms with van der Waals surface area (Å²) in [6.45, 7) is 0. The molecule has 5 heteroatoms. The van der Waals surface area contributed by atoms with Gasteiger partial charge < -0.3 is 5.32 Å². The second kappa shape index (κ2) is 5.92. The third-order valence-electron chi connectivity index (χ3n) is 3.71. The zero-order valence-electron chi connectivity index (χ0n) is 11.2. The maximum atomic E-state index is 4.77. The summed E-state index contributed by atoms with van der Waals surface area (Å²) in [6, 6.07) is 6.49. The van der Waals surface area contributed by atoms with Crippen LogP contribution in [0.2, 0.25) is 0 Å². The monoisotopic (exact) mass is 395 g/mol. The van der Waals surface area contributed by atoms with Gasteiger partial charge >= 0.3 is 0 Å². The maximum Gasteiger partial charge on any atom is 0.159 e. The summed E-state index contributed by atoms with van der Waals surface area (Å²) in [5.41, 5.74) is 3.47. The lowest BCUT2D eigenvalue weighted by Crippen LogP contribution is -2.22. The fourth-order valence-electron chi connectivity index (χ4n) is 2.62. The SMILES string of the molecule is CNC1CCCc2nc(-c3ccc(Br)c(Br)c3)ncc21. The van der Waals surface area contributed by atoms with Gasteiger partial charge in [0.15, 0.2) is 5.82 Å². The minimum Gasteiger partial charge on any atom is -0.313 e. The highest BCUT2D eigenvalue weighted by molar-refractivity contribution is 9.13. The van der Waals surface area contributed by atoms with Crippen molar-refractivity contribution >= 4 is 31.9 Å². The van der Waals surface area contributed by atoms with E-state index in [0.717, 1.165) is 33.2 Å². The smallest absolute Gasteiger partial charge is 0.159 e. The Kier molecular flexibility index (Phi) is 4.19. The van der Waals surface area contributed by atoms with Crippen LogP contribution in [0, 0.1) is 0 Å². The molecular formula is C15H15Br2N3. The van der Waals surface area contributed by atoms with Gasteiger partial charge in [-0.15, -0.1) is 0 Å². The Morgan fingerprint density at radius 1 is 1.25 bits per heavy atom. The topological polar surface area (TPSA) is 37.8 Å². The summed E-state index contributed by atoms with van der Waals surface area (Å²) in [7, 11) is 2.00. The molecular weight excluding hydrogens is 382 g/mol. The van der Waals surface area contributed by atoms with E-state index in [2.05, 4.69) is 42.2 Å². The van der Waals surface area contributed by atoms with Crippen LogP contribution >= 0.6 is 31.9 Å². The van der Waals surface area contributed by atoms with Crippen molar-refractivity contribution in [2.75, 3.05) is 7.05 Å². The summed E-state index contributed by atoms with van der Waals surface area (Å²) in [5.74, 6) is 0.800. The van der Waals surface area contributed by atoms with E-state index >= 15 is 0 Å². The molecule has 1 aliphatic rings. The van der Waals surface area contributed by atoms with Crippen LogP contribution in [0.4, 0.5) is 0 Å². The Labute approximate surface area is 135 Å². The molecule has 0 aliphatic heterocycles. The molecule has 3 rings (SSSR count). The van der Waals surface area contributed by atoms with Crippen LogP contribution in [0.5, 0.6) is 0 Å². The van der Waals surface area contributed by atoms with E-state index in [1.807, 2.05) is 31.4 Å². The molecule has 0 fully saturated rings. The van der Waals surface area contributed by atoms with Crippen molar-refractivity contribution in [2.45, 2.75) is 25.3 Å². The number of aryl methyl sites for hydroxylation is 1. The first kappa shape index (κ1) is 14.2. The summed E-state index contributed by atoms with van der Waals surface area (Å²) in [6.07, 6.45) is 5.36. The van der Waals surface area contributed by atoms with Crippen LogP contribution in [0.1, 0.15) is 30.1 Å². The lowest BCUT2D eigenvalue weighted by Gasteiger charge is -2.24. The molecule has 2 aromatic rings. The van der Waals surface area contributed by atoms with E-state index in [4.69, 9.17) is 4.98 Å². The number of fused-ring (bicyclic) bond motifs is 1. The molecule has 3 nitrogen and oxygen atoms in total. The quantitative estimate of drug-likeness (QED) is 0.823. The van der Waals surface area contributed by atoms with E-state index in [9.17, 15) is 0 Å². The maximum absolute atomic E-state index is 4.77. The van der Waals surface area contributed by atoms with Crippen molar-refractivity contribution < 1.29 is 0 Å². The Hall–Kier alpha value is -0.780. The Balaban J connectivity index is 2.01. The van der Waals surface area contributed by atoms with Crippen LogP contribution in [0.3, 0.4) is 0 Å². The summed E-state index contributed by atoms with van der Waals surface area (Å²) >= 11 is 7.01. The van der Waals surface area contributed by atoms with Crippen LogP contribution < -0.4 is 5.32 Å². The van der Waals surface area contributed by atoms with Crippen molar-refractivity contribution in [1.82, 2.24) is 15.3 Å². The van der Waals surface area contributed by atoms with Gasteiger partial charge in [0.25, 0.3) is 0 Å². The molecule has 0 amide bonds. The summed E-state index contributed by atoms with van der Waals surface area (Å²) in [4.78, 5) is 9.31. The van der Waals surface area contributed by atoms with E-state index in [1.54, 1.807) is 0 Å². The lowest BCUT2D eigenvalue weighted by atomic mass is 9.92. The van der Waals surface area contributed by atoms with Gasteiger partial charge in [-0.05, 0) is 76.4 Å². The fourth-order valence-corrected chi connectivity index (χ4v) is 3.25. The average Bonchev–Trinajstić information content (AvgIpc) is 2.48. The molecule has 0 saturated heterocycles. The first-order valence-electron chi connectivity index (χ1n) is 6.67. The highest BCUT2D eigenvalue weighted by Gasteiger charge is 2.21. The molecule has 20 heavy (non-hydrogen) atoms. The minimum atomic E-state index is 0.393. The van der Waals surface area contributed by atoms with E-state index in [0.29, 0.717) is 6.04 Å². The standard InChI is InChI=1S/C15H15Br2N3/c1-18-13-3-2-4-14-10(13)8-19-15(20-14)9-5-6-11(16)12(17)7-9/h5-8,13,18H,2-4H2,1H3. The number of hydrogen-bond donors (Lipinski definition) is 1. The van der Waals surface area contributed by atoms with Crippen LogP contribution in [-0.4, -0.2) is 17.0 Å². The normalized spacial score (nSPS) is 17.9. The lowest BCUT2D eigenvalue weighted by molar-refractivity contribution is 0.488. The molecule has 1 aliphatic carbocycles. The van der Waals surface area contributed by atoms with E-state index in [-0.39, 0.29) is 0 Å². The number of nitrogens with one attached hydrogen (secondary N) is 1. The Morgan fingerprint density at radius 3 is 2.85 bits per heavy atom. The van der Waals surface area contributed by atoms with Crippen molar-refractivity contribution in [3.63, 3.8) is 0 Å². The number of hydrogen-bond acceptors (Lipinski definition) is 3. The van der Waals surface area contributed by atoms with Gasteiger partial charge in [-0.1, -0.05) is 0 Å². The second-order valence-electron chi connectivity index (χ2n) is 4.96. The molecule has 0 spiro atoms. The van der Waals surface area contributed by atoms with Gasteiger partial charge in [-0.3, -0.25) is 0 Å². The fraction of sp³-hybridized carbons (Fsp3) is 0.333. The van der Waals surface area contributed by atoms with Gasteiger partial charge in [0, 0.05) is 38.0 Å². The van der Waals surface area contributed by atoms with E-state index in [1.165, 1.54) is 17.7 Å². The van der Waals surface area contributed by atoms with Crippen LogP contribution in [-0.2, 0) is 6.42 Å². The highest BCUT2D eigenvalue weighted by Crippen LogP contribution is 2.31. The molecule has 0 bridgehead atoms. The van der Waals surface area contributed by atoms with Crippen molar-refractivity contribution in [3.8, 4) is 11.4 Å². The molecule has 104 valence electrons. The first-order chi connectivity index (χ1) is 9.69. The van der Waals surface area contributed by atoms with Gasteiger partial charge in [0.05, 0.1) is 0 Å². The molecule has 0 radical (unpaired) electrons. The van der Waals surface area contributed by atoms with Crippen LogP contribution in [0.15, 0.2) is 33.3 Å². The van der Waals surface area contributed by atoms with Gasteiger partial charge in [-0.2, -0.15) is 0 Å². The molecule has 1 atom stereocenters. The number of aromatic nitrogens is 2. The minimum absolute atomic E-state index is 0.393. The number of rotatable bonds is 2. The van der Waals surface area contributed by atoms with Gasteiger partial charge in [0.2, 0.25) is 0 Å². The largest absolute Gasteiger partial charge is 0.313 e. The molecule has 1 unspecified atom stereocenters. The zero-order valence-corrected chi connectivity index (χ0v) is 14.3. The van der Waals surface area contributed by atoms with Crippen LogP contribution in [0.25, 0.3) is 11.4 Å². The molecule has 1 aromatic carbocycles. The van der Waals surface area contributed by atoms with Crippen molar-refractivity contribution in [3.05, 3.63) is 44.6 Å². The summed E-state index contributed by atoms with van der Waals surface area (Å²) < 4.78 is 2.05.